The maximum absolute atomic E-state index is 13.3. The van der Waals surface area contributed by atoms with Crippen LogP contribution in [0.5, 0.6) is 0 Å². The van der Waals surface area contributed by atoms with Crippen LogP contribution in [0.2, 0.25) is 0 Å². The lowest BCUT2D eigenvalue weighted by molar-refractivity contribution is 0.172. The fourth-order valence-electron chi connectivity index (χ4n) is 3.20. The van der Waals surface area contributed by atoms with Crippen molar-refractivity contribution in [1.29, 1.82) is 0 Å². The van der Waals surface area contributed by atoms with Gasteiger partial charge in [-0.15, -0.1) is 0 Å². The number of hydrogen-bond acceptors (Lipinski definition) is 8. The van der Waals surface area contributed by atoms with Crippen molar-refractivity contribution in [3.63, 3.8) is 0 Å². The summed E-state index contributed by atoms with van der Waals surface area (Å²) in [6.45, 7) is 2.19. The minimum atomic E-state index is -0.598. The molecule has 3 rings (SSSR count). The van der Waals surface area contributed by atoms with Crippen LogP contribution in [-0.2, 0) is 0 Å². The number of nitrogens with zero attached hydrogens (tertiary/aromatic N) is 6. The van der Waals surface area contributed by atoms with Crippen LogP contribution in [0.1, 0.15) is 0 Å². The first-order chi connectivity index (χ1) is 14.2. The van der Waals surface area contributed by atoms with E-state index in [1.165, 1.54) is 0 Å². The van der Waals surface area contributed by atoms with E-state index >= 15 is 0 Å². The average molecular weight is 414 g/mol. The molecule has 0 aliphatic rings. The quantitative estimate of drug-likeness (QED) is 0.401. The lowest BCUT2D eigenvalue weighted by Gasteiger charge is -2.09. The Bertz CT molecular complexity index is 1220. The Kier molecular flexibility index (Phi) is 6.18. The maximum Gasteiger partial charge on any atom is 0.218 e. The maximum atomic E-state index is 13.3. The van der Waals surface area contributed by atoms with Crippen LogP contribution in [0, 0.1) is 0 Å². The Labute approximate surface area is 172 Å². The zero-order valence-electron chi connectivity index (χ0n) is 17.5. The summed E-state index contributed by atoms with van der Waals surface area (Å²) in [5.74, 6) is 0. The first-order valence-corrected chi connectivity index (χ1v) is 9.52. The molecule has 0 atom stereocenters. The second-order valence-electron chi connectivity index (χ2n) is 7.57. The monoisotopic (exact) mass is 414 g/mol. The predicted octanol–water partition coefficient (Wildman–Crippen LogP) is -0.847. The van der Waals surface area contributed by atoms with Gasteiger partial charge in [0.05, 0.1) is 47.0 Å². The van der Waals surface area contributed by atoms with Gasteiger partial charge in [0.25, 0.3) is 0 Å². The highest BCUT2D eigenvalue weighted by atomic mass is 16.5. The molecule has 2 N–H and O–H groups in total. The van der Waals surface area contributed by atoms with Crippen LogP contribution in [0.25, 0.3) is 21.8 Å². The van der Waals surface area contributed by atoms with Gasteiger partial charge in [0, 0.05) is 13.1 Å². The molecule has 0 unspecified atom stereocenters. The Hall–Kier alpha value is -3.24. The number of hydrogen-bond donors (Lipinski definition) is 2. The summed E-state index contributed by atoms with van der Waals surface area (Å²) in [5, 5.41) is 21.2. The first-order valence-electron chi connectivity index (χ1n) is 9.52. The largest absolute Gasteiger partial charge is 0.428 e. The number of aromatic nitrogens is 2. The molecular weight excluding hydrogens is 388 g/mol. The molecule has 3 aromatic rings. The smallest absolute Gasteiger partial charge is 0.218 e. The van der Waals surface area contributed by atoms with Crippen molar-refractivity contribution in [3.05, 3.63) is 55.7 Å². The van der Waals surface area contributed by atoms with Crippen molar-refractivity contribution in [1.82, 2.24) is 19.3 Å². The average Bonchev–Trinajstić information content (AvgIpc) is 2.67. The summed E-state index contributed by atoms with van der Waals surface area (Å²) in [6.07, 6.45) is 2.17. The van der Waals surface area contributed by atoms with Gasteiger partial charge >= 0.3 is 0 Å². The molecule has 0 saturated carbocycles. The van der Waals surface area contributed by atoms with Gasteiger partial charge in [0.2, 0.25) is 10.9 Å². The molecule has 10 heteroatoms. The van der Waals surface area contributed by atoms with Gasteiger partial charge in [-0.2, -0.15) is 9.46 Å². The Morgan fingerprint density at radius 3 is 1.47 bits per heavy atom. The highest BCUT2D eigenvalue weighted by molar-refractivity contribution is 5.94. The molecule has 0 aliphatic carbocycles. The highest BCUT2D eigenvalue weighted by Gasteiger charge is 2.18. The van der Waals surface area contributed by atoms with E-state index in [9.17, 15) is 20.0 Å². The summed E-state index contributed by atoms with van der Waals surface area (Å²) in [7, 11) is 7.66. The molecule has 0 fully saturated rings. The van der Waals surface area contributed by atoms with E-state index in [2.05, 4.69) is 9.98 Å². The van der Waals surface area contributed by atoms with Gasteiger partial charge < -0.3 is 20.2 Å². The molecule has 30 heavy (non-hydrogen) atoms. The third kappa shape index (κ3) is 4.05. The number of rotatable bonds is 6. The van der Waals surface area contributed by atoms with Crippen molar-refractivity contribution in [2.24, 2.45) is 9.98 Å². The van der Waals surface area contributed by atoms with Gasteiger partial charge in [0.15, 0.2) is 11.0 Å². The molecule has 0 bridgehead atoms. The van der Waals surface area contributed by atoms with Crippen LogP contribution < -0.4 is 21.6 Å². The fourth-order valence-corrected chi connectivity index (χ4v) is 3.20. The molecular formula is C20H26N6O4. The van der Waals surface area contributed by atoms with Crippen LogP contribution in [0.15, 0.2) is 44.1 Å². The minimum Gasteiger partial charge on any atom is -0.428 e. The molecule has 0 radical (unpaired) electrons. The van der Waals surface area contributed by atoms with Gasteiger partial charge in [-0.3, -0.25) is 19.6 Å². The second-order valence-corrected chi connectivity index (χ2v) is 7.57. The summed E-state index contributed by atoms with van der Waals surface area (Å²) in [4.78, 5) is 39.5. The summed E-state index contributed by atoms with van der Waals surface area (Å²) >= 11 is 0. The van der Waals surface area contributed by atoms with Crippen molar-refractivity contribution < 1.29 is 10.4 Å². The van der Waals surface area contributed by atoms with E-state index in [1.54, 1.807) is 12.1 Å². The zero-order chi connectivity index (χ0) is 22.0. The van der Waals surface area contributed by atoms with E-state index < -0.39 is 10.9 Å². The molecule has 160 valence electrons. The lowest BCUT2D eigenvalue weighted by atomic mass is 10.1. The Morgan fingerprint density at radius 2 is 1.13 bits per heavy atom. The number of likely N-dealkylation sites (N-methyl/N-ethyl adjacent to an activating group) is 2. The zero-order valence-corrected chi connectivity index (χ0v) is 17.5. The standard InChI is InChI=1S/C20H26N6O4/c1-23(2)9-7-21-13-5-6-14(22-8-10-24(3)4)16-15(13)19(27)17-18(20(16)28)26(30)12-11-25(17)29/h5-6,11-12,29-30H,7-10H2,1-4H3. The van der Waals surface area contributed by atoms with Crippen LogP contribution in [-0.4, -0.2) is 84.0 Å². The molecule has 0 amide bonds. The second kappa shape index (κ2) is 8.64. The first kappa shape index (κ1) is 21.5. The highest BCUT2D eigenvalue weighted by Crippen LogP contribution is 2.07. The van der Waals surface area contributed by atoms with Gasteiger partial charge in [-0.25, -0.2) is 0 Å². The van der Waals surface area contributed by atoms with Gasteiger partial charge in [-0.05, 0) is 40.3 Å². The van der Waals surface area contributed by atoms with E-state index in [0.29, 0.717) is 46.4 Å². The van der Waals surface area contributed by atoms with Crippen molar-refractivity contribution in [2.75, 3.05) is 54.4 Å². The lowest BCUT2D eigenvalue weighted by Crippen LogP contribution is -2.30. The number of fused-ring (bicyclic) bond motifs is 2. The van der Waals surface area contributed by atoms with E-state index in [1.807, 2.05) is 38.0 Å². The molecule has 2 aromatic carbocycles. The van der Waals surface area contributed by atoms with Gasteiger partial charge in [-0.1, -0.05) is 0 Å². The van der Waals surface area contributed by atoms with Crippen molar-refractivity contribution >= 4 is 21.8 Å². The van der Waals surface area contributed by atoms with Gasteiger partial charge in [0.1, 0.15) is 0 Å². The van der Waals surface area contributed by atoms with Crippen LogP contribution in [0.4, 0.5) is 0 Å². The van der Waals surface area contributed by atoms with E-state index in [0.717, 1.165) is 12.4 Å². The van der Waals surface area contributed by atoms with Crippen LogP contribution in [0.3, 0.4) is 0 Å². The summed E-state index contributed by atoms with van der Waals surface area (Å²) < 4.78 is 1.09. The molecule has 0 saturated heterocycles. The van der Waals surface area contributed by atoms with Crippen molar-refractivity contribution in [2.45, 2.75) is 0 Å². The number of benzene rings is 2. The fraction of sp³-hybridized carbons (Fsp3) is 0.400. The molecule has 0 spiro atoms. The Balaban J connectivity index is 2.46. The summed E-state index contributed by atoms with van der Waals surface area (Å²) in [5.41, 5.74) is -1.82. The molecule has 1 heterocycles. The Morgan fingerprint density at radius 1 is 0.767 bits per heavy atom. The normalized spacial score (nSPS) is 13.4. The minimum absolute atomic E-state index is 0.0892. The van der Waals surface area contributed by atoms with E-state index in [4.69, 9.17) is 0 Å². The topological polar surface area (TPSA) is 116 Å². The molecule has 0 aliphatic heterocycles. The molecule has 1 aromatic heterocycles. The predicted molar refractivity (Wildman–Crippen MR) is 113 cm³/mol. The third-order valence-electron chi connectivity index (χ3n) is 4.74. The molecule has 10 nitrogen and oxygen atoms in total. The van der Waals surface area contributed by atoms with Crippen molar-refractivity contribution in [3.8, 4) is 0 Å². The van der Waals surface area contributed by atoms with E-state index in [-0.39, 0.29) is 21.8 Å². The SMILES string of the molecule is CN(C)CCN=c1ccc(=NCCN(C)C)c2c(=O)c3c(c(=O)c12)n(O)ccn3O. The summed E-state index contributed by atoms with van der Waals surface area (Å²) in [6, 6.07) is 3.33. The van der Waals surface area contributed by atoms with Crippen LogP contribution >= 0.6 is 0 Å². The third-order valence-corrected chi connectivity index (χ3v) is 4.74.